The monoisotopic (exact) mass is 382 g/mol. The van der Waals surface area contributed by atoms with Crippen LogP contribution in [0, 0.1) is 0 Å². The normalized spacial score (nSPS) is 16.9. The van der Waals surface area contributed by atoms with Gasteiger partial charge in [-0.2, -0.15) is 0 Å². The van der Waals surface area contributed by atoms with Gasteiger partial charge in [-0.3, -0.25) is 9.59 Å². The zero-order chi connectivity index (χ0) is 20.1. The van der Waals surface area contributed by atoms with Crippen LogP contribution in [-0.2, 0) is 9.53 Å². The number of hydrogen-bond acceptors (Lipinski definition) is 4. The van der Waals surface area contributed by atoms with Crippen LogP contribution in [-0.4, -0.2) is 44.7 Å². The van der Waals surface area contributed by atoms with Gasteiger partial charge in [0.05, 0.1) is 19.8 Å². The van der Waals surface area contributed by atoms with E-state index in [4.69, 9.17) is 9.47 Å². The summed E-state index contributed by atoms with van der Waals surface area (Å²) in [6, 6.07) is 14.9. The van der Waals surface area contributed by atoms with E-state index in [2.05, 4.69) is 19.2 Å². The van der Waals surface area contributed by atoms with Crippen molar-refractivity contribution in [2.75, 3.05) is 31.7 Å². The number of ether oxygens (including phenoxy) is 2. The molecule has 0 bridgehead atoms. The first-order chi connectivity index (χ1) is 13.5. The van der Waals surface area contributed by atoms with Crippen LogP contribution >= 0.6 is 0 Å². The molecule has 3 rings (SSSR count). The minimum absolute atomic E-state index is 0.00431. The Balaban J connectivity index is 1.58. The van der Waals surface area contributed by atoms with Crippen molar-refractivity contribution in [1.82, 2.24) is 5.32 Å². The highest BCUT2D eigenvalue weighted by atomic mass is 16.5. The molecule has 1 fully saturated rings. The summed E-state index contributed by atoms with van der Waals surface area (Å²) in [4.78, 5) is 26.3. The Morgan fingerprint density at radius 1 is 1.18 bits per heavy atom. The molecule has 0 aromatic heterocycles. The third kappa shape index (κ3) is 4.70. The second-order valence-electron chi connectivity index (χ2n) is 7.12. The second-order valence-corrected chi connectivity index (χ2v) is 7.12. The highest BCUT2D eigenvalue weighted by Crippen LogP contribution is 2.22. The third-order valence-electron chi connectivity index (χ3n) is 4.84. The Kier molecular flexibility index (Phi) is 6.31. The van der Waals surface area contributed by atoms with Gasteiger partial charge in [0.15, 0.2) is 0 Å². The van der Waals surface area contributed by atoms with Crippen LogP contribution in [0.5, 0.6) is 5.75 Å². The van der Waals surface area contributed by atoms with Crippen LogP contribution in [0.4, 0.5) is 5.69 Å². The van der Waals surface area contributed by atoms with Crippen LogP contribution < -0.4 is 15.0 Å². The molecule has 1 heterocycles. The summed E-state index contributed by atoms with van der Waals surface area (Å²) in [5.41, 5.74) is 2.60. The molecule has 1 aliphatic heterocycles. The van der Waals surface area contributed by atoms with E-state index < -0.39 is 0 Å². The average Bonchev–Trinajstić information content (AvgIpc) is 2.73. The summed E-state index contributed by atoms with van der Waals surface area (Å²) in [6.45, 7) is 4.95. The fourth-order valence-electron chi connectivity index (χ4n) is 3.09. The van der Waals surface area contributed by atoms with Crippen LogP contribution in [0.1, 0.15) is 35.7 Å². The largest absolute Gasteiger partial charge is 0.497 e. The molecule has 28 heavy (non-hydrogen) atoms. The molecular weight excluding hydrogens is 356 g/mol. The number of benzene rings is 2. The van der Waals surface area contributed by atoms with Crippen molar-refractivity contribution in [3.05, 3.63) is 59.7 Å². The number of carbonyl (C=O) groups is 2. The van der Waals surface area contributed by atoms with Crippen LogP contribution in [0.2, 0.25) is 0 Å². The topological polar surface area (TPSA) is 67.9 Å². The lowest BCUT2D eigenvalue weighted by Gasteiger charge is -2.33. The maximum atomic E-state index is 12.4. The number of nitrogens with zero attached hydrogens (tertiary/aromatic N) is 1. The molecule has 148 valence electrons. The van der Waals surface area contributed by atoms with E-state index in [0.717, 1.165) is 11.4 Å². The van der Waals surface area contributed by atoms with Gasteiger partial charge in [0.1, 0.15) is 12.4 Å². The van der Waals surface area contributed by atoms with Crippen molar-refractivity contribution in [2.24, 2.45) is 0 Å². The number of hydrogen-bond donors (Lipinski definition) is 1. The molecule has 6 nitrogen and oxygen atoms in total. The van der Waals surface area contributed by atoms with Crippen LogP contribution in [0.3, 0.4) is 0 Å². The van der Waals surface area contributed by atoms with Gasteiger partial charge in [-0.1, -0.05) is 26.0 Å². The molecule has 1 aliphatic rings. The number of nitrogens with one attached hydrogen (secondary N) is 1. The van der Waals surface area contributed by atoms with Gasteiger partial charge >= 0.3 is 0 Å². The third-order valence-corrected chi connectivity index (χ3v) is 4.84. The molecule has 2 aromatic carbocycles. The van der Waals surface area contributed by atoms with Crippen molar-refractivity contribution in [3.8, 4) is 5.75 Å². The molecule has 1 saturated heterocycles. The maximum absolute atomic E-state index is 12.4. The quantitative estimate of drug-likeness (QED) is 0.834. The number of morpholine rings is 1. The molecule has 1 atom stereocenters. The van der Waals surface area contributed by atoms with Crippen molar-refractivity contribution < 1.29 is 19.1 Å². The minimum atomic E-state index is -0.265. The van der Waals surface area contributed by atoms with E-state index in [-0.39, 0.29) is 24.5 Å². The van der Waals surface area contributed by atoms with Crippen molar-refractivity contribution in [3.63, 3.8) is 0 Å². The Morgan fingerprint density at radius 3 is 2.46 bits per heavy atom. The summed E-state index contributed by atoms with van der Waals surface area (Å²) < 4.78 is 10.7. The Morgan fingerprint density at radius 2 is 1.86 bits per heavy atom. The number of rotatable bonds is 6. The lowest BCUT2D eigenvalue weighted by molar-refractivity contribution is -0.129. The van der Waals surface area contributed by atoms with Crippen molar-refractivity contribution >= 4 is 17.5 Å². The summed E-state index contributed by atoms with van der Waals surface area (Å²) >= 11 is 0. The standard InChI is InChI=1S/C22H26N2O4/c1-15(2)16-4-6-17(7-5-16)22(26)23-12-20-13-24(21(25)14-28-20)18-8-10-19(27-3)11-9-18/h4-11,15,20H,12-14H2,1-3H3,(H,23,26). The maximum Gasteiger partial charge on any atom is 0.253 e. The smallest absolute Gasteiger partial charge is 0.253 e. The van der Waals surface area contributed by atoms with Gasteiger partial charge in [-0.25, -0.2) is 0 Å². The number of amides is 2. The predicted molar refractivity (Wildman–Crippen MR) is 108 cm³/mol. The molecule has 1 unspecified atom stereocenters. The highest BCUT2D eigenvalue weighted by molar-refractivity contribution is 5.95. The molecular formula is C22H26N2O4. The lowest BCUT2D eigenvalue weighted by atomic mass is 10.0. The number of methoxy groups -OCH3 is 1. The minimum Gasteiger partial charge on any atom is -0.497 e. The number of anilines is 1. The Hall–Kier alpha value is -2.86. The van der Waals surface area contributed by atoms with Crippen molar-refractivity contribution in [1.29, 1.82) is 0 Å². The van der Waals surface area contributed by atoms with Crippen LogP contribution in [0.15, 0.2) is 48.5 Å². The summed E-state index contributed by atoms with van der Waals surface area (Å²) in [6.07, 6.45) is -0.265. The van der Waals surface area contributed by atoms with E-state index in [1.54, 1.807) is 12.0 Å². The second kappa shape index (κ2) is 8.89. The van der Waals surface area contributed by atoms with Gasteiger partial charge in [0, 0.05) is 17.8 Å². The van der Waals surface area contributed by atoms with Crippen LogP contribution in [0.25, 0.3) is 0 Å². The van der Waals surface area contributed by atoms with Gasteiger partial charge in [0.2, 0.25) is 0 Å². The SMILES string of the molecule is COc1ccc(N2CC(CNC(=O)c3ccc(C(C)C)cc3)OCC2=O)cc1. The van der Waals surface area contributed by atoms with Gasteiger partial charge in [0.25, 0.3) is 11.8 Å². The van der Waals surface area contributed by atoms with E-state index >= 15 is 0 Å². The zero-order valence-electron chi connectivity index (χ0n) is 16.5. The fraction of sp³-hybridized carbons (Fsp3) is 0.364. The Bertz CT molecular complexity index is 815. The van der Waals surface area contributed by atoms with E-state index in [0.29, 0.717) is 24.6 Å². The van der Waals surface area contributed by atoms with Gasteiger partial charge in [-0.15, -0.1) is 0 Å². The molecule has 2 aromatic rings. The first-order valence-electron chi connectivity index (χ1n) is 9.42. The molecule has 0 aliphatic carbocycles. The molecule has 1 N–H and O–H groups in total. The molecule has 0 spiro atoms. The highest BCUT2D eigenvalue weighted by Gasteiger charge is 2.27. The molecule has 6 heteroatoms. The number of carbonyl (C=O) groups excluding carboxylic acids is 2. The summed E-state index contributed by atoms with van der Waals surface area (Å²) in [5.74, 6) is 0.912. The summed E-state index contributed by atoms with van der Waals surface area (Å²) in [5, 5.41) is 2.90. The molecule has 0 saturated carbocycles. The fourth-order valence-corrected chi connectivity index (χ4v) is 3.09. The molecule has 0 radical (unpaired) electrons. The van der Waals surface area contributed by atoms with Crippen molar-refractivity contribution in [2.45, 2.75) is 25.9 Å². The average molecular weight is 382 g/mol. The van der Waals surface area contributed by atoms with Gasteiger partial charge < -0.3 is 19.7 Å². The van der Waals surface area contributed by atoms with Gasteiger partial charge in [-0.05, 0) is 47.9 Å². The zero-order valence-corrected chi connectivity index (χ0v) is 16.5. The van der Waals surface area contributed by atoms with E-state index in [9.17, 15) is 9.59 Å². The Labute approximate surface area is 165 Å². The summed E-state index contributed by atoms with van der Waals surface area (Å²) in [7, 11) is 1.60. The first-order valence-corrected chi connectivity index (χ1v) is 9.42. The lowest BCUT2D eigenvalue weighted by Crippen LogP contribution is -2.50. The van der Waals surface area contributed by atoms with E-state index in [1.807, 2.05) is 48.5 Å². The molecule has 2 amide bonds. The first kappa shape index (κ1) is 19.9. The predicted octanol–water partition coefficient (Wildman–Crippen LogP) is 2.98. The van der Waals surface area contributed by atoms with E-state index in [1.165, 1.54) is 5.56 Å².